The molecular weight excluding hydrogens is 356 g/mol. The van der Waals surface area contributed by atoms with E-state index in [9.17, 15) is 4.79 Å². The third kappa shape index (κ3) is 5.57. The number of amides is 1. The number of carbonyl (C=O) groups excluding carboxylic acids is 1. The summed E-state index contributed by atoms with van der Waals surface area (Å²) in [7, 11) is 0. The van der Waals surface area contributed by atoms with Gasteiger partial charge in [0.1, 0.15) is 0 Å². The van der Waals surface area contributed by atoms with Gasteiger partial charge in [-0.3, -0.25) is 4.79 Å². The van der Waals surface area contributed by atoms with Gasteiger partial charge >= 0.3 is 0 Å². The van der Waals surface area contributed by atoms with Crippen LogP contribution in [0.25, 0.3) is 0 Å². The Bertz CT molecular complexity index is 692. The van der Waals surface area contributed by atoms with Crippen LogP contribution in [0.2, 0.25) is 0 Å². The third-order valence-corrected chi connectivity index (χ3v) is 5.44. The van der Waals surface area contributed by atoms with Gasteiger partial charge in [-0.15, -0.1) is 12.4 Å². The van der Waals surface area contributed by atoms with Gasteiger partial charge in [0.25, 0.3) is 0 Å². The molecule has 2 unspecified atom stereocenters. The highest BCUT2D eigenvalue weighted by Crippen LogP contribution is 2.28. The fourth-order valence-electron chi connectivity index (χ4n) is 4.02. The monoisotopic (exact) mass is 386 g/mol. The van der Waals surface area contributed by atoms with E-state index in [-0.39, 0.29) is 24.4 Å². The average molecular weight is 387 g/mol. The maximum Gasteiger partial charge on any atom is 0.226 e. The number of hydrogen-bond donors (Lipinski definition) is 0. The van der Waals surface area contributed by atoms with Crippen molar-refractivity contribution in [2.75, 3.05) is 24.5 Å². The Balaban J connectivity index is 0.00000261. The summed E-state index contributed by atoms with van der Waals surface area (Å²) in [5.74, 6) is 0.695. The lowest BCUT2D eigenvalue weighted by Crippen LogP contribution is -2.52. The van der Waals surface area contributed by atoms with Crippen molar-refractivity contribution < 1.29 is 4.79 Å². The molecule has 27 heavy (non-hydrogen) atoms. The van der Waals surface area contributed by atoms with Crippen molar-refractivity contribution in [3.05, 3.63) is 66.2 Å². The Morgan fingerprint density at radius 1 is 1.07 bits per heavy atom. The van der Waals surface area contributed by atoms with Crippen LogP contribution >= 0.6 is 12.4 Å². The Kier molecular flexibility index (Phi) is 8.33. The van der Waals surface area contributed by atoms with Crippen molar-refractivity contribution >= 4 is 24.0 Å². The molecule has 2 aromatic rings. The maximum atomic E-state index is 12.7. The molecule has 0 aromatic heterocycles. The molecule has 146 valence electrons. The normalized spacial score (nSPS) is 19.9. The first-order chi connectivity index (χ1) is 12.7. The first-order valence-electron chi connectivity index (χ1n) is 9.82. The SMILES string of the molecule is CCC(=O)N(c1ccccc1)C1CCN(CCc2ccccc2)CC1C.Cl. The van der Waals surface area contributed by atoms with E-state index in [1.807, 2.05) is 25.1 Å². The molecule has 0 N–H and O–H groups in total. The third-order valence-electron chi connectivity index (χ3n) is 5.44. The fourth-order valence-corrected chi connectivity index (χ4v) is 4.02. The lowest BCUT2D eigenvalue weighted by Gasteiger charge is -2.42. The van der Waals surface area contributed by atoms with Gasteiger partial charge < -0.3 is 9.80 Å². The number of halogens is 1. The zero-order valence-corrected chi connectivity index (χ0v) is 17.2. The molecule has 4 heteroatoms. The van der Waals surface area contributed by atoms with E-state index in [1.54, 1.807) is 0 Å². The average Bonchev–Trinajstić information content (AvgIpc) is 2.69. The summed E-state index contributed by atoms with van der Waals surface area (Å²) in [6.07, 6.45) is 2.68. The molecule has 1 fully saturated rings. The second-order valence-electron chi connectivity index (χ2n) is 7.32. The zero-order chi connectivity index (χ0) is 18.4. The Morgan fingerprint density at radius 2 is 1.70 bits per heavy atom. The molecule has 1 amide bonds. The predicted molar refractivity (Wildman–Crippen MR) is 116 cm³/mol. The molecule has 0 saturated carbocycles. The van der Waals surface area contributed by atoms with Gasteiger partial charge in [-0.1, -0.05) is 62.4 Å². The molecule has 0 radical (unpaired) electrons. The number of carbonyl (C=O) groups is 1. The Labute approximate surface area is 169 Å². The van der Waals surface area contributed by atoms with Crippen molar-refractivity contribution in [1.29, 1.82) is 0 Å². The summed E-state index contributed by atoms with van der Waals surface area (Å²) in [6, 6.07) is 21.1. The summed E-state index contributed by atoms with van der Waals surface area (Å²) in [6.45, 7) is 7.45. The molecule has 2 aromatic carbocycles. The van der Waals surface area contributed by atoms with Crippen LogP contribution in [0, 0.1) is 5.92 Å². The van der Waals surface area contributed by atoms with E-state index in [2.05, 4.69) is 59.2 Å². The highest BCUT2D eigenvalue weighted by Gasteiger charge is 2.33. The second-order valence-corrected chi connectivity index (χ2v) is 7.32. The summed E-state index contributed by atoms with van der Waals surface area (Å²) >= 11 is 0. The van der Waals surface area contributed by atoms with Crippen LogP contribution in [-0.2, 0) is 11.2 Å². The van der Waals surface area contributed by atoms with Gasteiger partial charge in [0.05, 0.1) is 0 Å². The number of anilines is 1. The minimum Gasteiger partial charge on any atom is -0.309 e. The number of rotatable bonds is 6. The van der Waals surface area contributed by atoms with E-state index < -0.39 is 0 Å². The Hall–Kier alpha value is -1.84. The summed E-state index contributed by atoms with van der Waals surface area (Å²) < 4.78 is 0. The largest absolute Gasteiger partial charge is 0.309 e. The van der Waals surface area contributed by atoms with Crippen LogP contribution < -0.4 is 4.90 Å². The smallest absolute Gasteiger partial charge is 0.226 e. The molecule has 0 aliphatic carbocycles. The van der Waals surface area contributed by atoms with Gasteiger partial charge in [0.2, 0.25) is 5.91 Å². The molecule has 1 aliphatic heterocycles. The molecular formula is C23H31ClN2O. The molecule has 1 heterocycles. The summed E-state index contributed by atoms with van der Waals surface area (Å²) in [4.78, 5) is 17.3. The standard InChI is InChI=1S/C23H30N2O.ClH/c1-3-23(26)25(21-12-8-5-9-13-21)22-15-17-24(18-19(22)2)16-14-20-10-6-4-7-11-20;/h4-13,19,22H,3,14-18H2,1-2H3;1H. The van der Waals surface area contributed by atoms with Crippen LogP contribution in [-0.4, -0.2) is 36.5 Å². The zero-order valence-electron chi connectivity index (χ0n) is 16.4. The molecule has 0 spiro atoms. The van der Waals surface area contributed by atoms with Crippen LogP contribution in [0.1, 0.15) is 32.3 Å². The topological polar surface area (TPSA) is 23.6 Å². The van der Waals surface area contributed by atoms with E-state index in [0.29, 0.717) is 12.3 Å². The summed E-state index contributed by atoms with van der Waals surface area (Å²) in [5.41, 5.74) is 2.43. The second kappa shape index (κ2) is 10.5. The summed E-state index contributed by atoms with van der Waals surface area (Å²) in [5, 5.41) is 0. The lowest BCUT2D eigenvalue weighted by atomic mass is 9.91. The number of piperidine rings is 1. The minimum atomic E-state index is 0. The van der Waals surface area contributed by atoms with Gasteiger partial charge in [-0.2, -0.15) is 0 Å². The van der Waals surface area contributed by atoms with Crippen LogP contribution in [0.5, 0.6) is 0 Å². The van der Waals surface area contributed by atoms with E-state index in [0.717, 1.165) is 38.2 Å². The lowest BCUT2D eigenvalue weighted by molar-refractivity contribution is -0.119. The number of benzene rings is 2. The van der Waals surface area contributed by atoms with Gasteiger partial charge in [-0.05, 0) is 36.5 Å². The predicted octanol–water partition coefficient (Wildman–Crippen LogP) is 4.80. The quantitative estimate of drug-likeness (QED) is 0.711. The van der Waals surface area contributed by atoms with Crippen molar-refractivity contribution in [3.63, 3.8) is 0 Å². The fraction of sp³-hybridized carbons (Fsp3) is 0.435. The molecule has 1 saturated heterocycles. The van der Waals surface area contributed by atoms with Gasteiger partial charge in [0.15, 0.2) is 0 Å². The molecule has 3 nitrogen and oxygen atoms in total. The van der Waals surface area contributed by atoms with Crippen LogP contribution in [0.15, 0.2) is 60.7 Å². The molecule has 1 aliphatic rings. The van der Waals surface area contributed by atoms with Crippen molar-refractivity contribution in [1.82, 2.24) is 4.90 Å². The first-order valence-corrected chi connectivity index (χ1v) is 9.82. The van der Waals surface area contributed by atoms with Crippen molar-refractivity contribution in [2.45, 2.75) is 39.2 Å². The van der Waals surface area contributed by atoms with Crippen LogP contribution in [0.4, 0.5) is 5.69 Å². The van der Waals surface area contributed by atoms with E-state index >= 15 is 0 Å². The maximum absolute atomic E-state index is 12.7. The molecule has 0 bridgehead atoms. The Morgan fingerprint density at radius 3 is 2.30 bits per heavy atom. The van der Waals surface area contributed by atoms with Crippen molar-refractivity contribution in [2.24, 2.45) is 5.92 Å². The van der Waals surface area contributed by atoms with Gasteiger partial charge in [0, 0.05) is 37.8 Å². The number of nitrogens with zero attached hydrogens (tertiary/aromatic N) is 2. The number of hydrogen-bond acceptors (Lipinski definition) is 2. The minimum absolute atomic E-state index is 0. The number of para-hydroxylation sites is 1. The van der Waals surface area contributed by atoms with E-state index in [1.165, 1.54) is 5.56 Å². The highest BCUT2D eigenvalue weighted by atomic mass is 35.5. The van der Waals surface area contributed by atoms with Crippen molar-refractivity contribution in [3.8, 4) is 0 Å². The highest BCUT2D eigenvalue weighted by molar-refractivity contribution is 5.93. The number of likely N-dealkylation sites (tertiary alicyclic amines) is 1. The molecule has 2 atom stereocenters. The van der Waals surface area contributed by atoms with E-state index in [4.69, 9.17) is 0 Å². The first kappa shape index (κ1) is 21.5. The molecule has 3 rings (SSSR count). The van der Waals surface area contributed by atoms with Crippen LogP contribution in [0.3, 0.4) is 0 Å². The van der Waals surface area contributed by atoms with Gasteiger partial charge in [-0.25, -0.2) is 0 Å².